The van der Waals surface area contributed by atoms with Crippen molar-refractivity contribution < 1.29 is 0 Å². The Labute approximate surface area is 187 Å². The summed E-state index contributed by atoms with van der Waals surface area (Å²) in [6, 6.07) is 9.50. The van der Waals surface area contributed by atoms with E-state index in [0.29, 0.717) is 22.9 Å². The Hall–Kier alpha value is -4.41. The van der Waals surface area contributed by atoms with E-state index in [-0.39, 0.29) is 0 Å². The predicted octanol–water partition coefficient (Wildman–Crippen LogP) is 3.24. The first kappa shape index (κ1) is 19.3. The van der Waals surface area contributed by atoms with E-state index in [9.17, 15) is 0 Å². The number of fused-ring (bicyclic) bond motifs is 3. The van der Waals surface area contributed by atoms with Crippen LogP contribution in [0.2, 0.25) is 0 Å². The third kappa shape index (κ3) is 3.73. The fourth-order valence-electron chi connectivity index (χ4n) is 4.01. The number of imidazole rings is 1. The number of hydrogen-bond donors (Lipinski definition) is 3. The first-order valence-electron chi connectivity index (χ1n) is 10.9. The van der Waals surface area contributed by atoms with Crippen molar-refractivity contribution in [1.82, 2.24) is 50.3 Å². The molecule has 0 radical (unpaired) electrons. The van der Waals surface area contributed by atoms with Gasteiger partial charge in [-0.2, -0.15) is 10.3 Å². The van der Waals surface area contributed by atoms with Gasteiger partial charge in [0.05, 0.1) is 11.0 Å². The number of H-pyrrole nitrogens is 3. The third-order valence-electron chi connectivity index (χ3n) is 5.60. The molecule has 11 heteroatoms. The van der Waals surface area contributed by atoms with E-state index in [4.69, 9.17) is 4.98 Å². The molecule has 0 bridgehead atoms. The van der Waals surface area contributed by atoms with Crippen LogP contribution in [0.1, 0.15) is 19.3 Å². The number of aromatic amines is 3. The lowest BCUT2D eigenvalue weighted by Gasteiger charge is -2.28. The molecule has 1 aliphatic rings. The topological polar surface area (TPSA) is 141 Å². The first-order valence-corrected chi connectivity index (χ1v) is 10.9. The first-order chi connectivity index (χ1) is 16.3. The highest BCUT2D eigenvalue weighted by Gasteiger charge is 2.19. The summed E-state index contributed by atoms with van der Waals surface area (Å²) in [5, 5.41) is 10.1. The molecule has 0 aromatic carbocycles. The molecule has 0 atom stereocenters. The fraction of sp³-hybridized carbons (Fsp3) is 0.227. The number of rotatable bonds is 2. The van der Waals surface area contributed by atoms with Crippen molar-refractivity contribution in [2.24, 2.45) is 0 Å². The van der Waals surface area contributed by atoms with Gasteiger partial charge in [0.15, 0.2) is 23.1 Å². The summed E-state index contributed by atoms with van der Waals surface area (Å²) in [5.41, 5.74) is 4.95. The zero-order valence-electron chi connectivity index (χ0n) is 17.7. The van der Waals surface area contributed by atoms with Gasteiger partial charge in [0.1, 0.15) is 11.0 Å². The highest BCUT2D eigenvalue weighted by molar-refractivity contribution is 5.88. The number of piperidine rings is 1. The summed E-state index contributed by atoms with van der Waals surface area (Å²) in [7, 11) is 0. The molecule has 0 aliphatic carbocycles. The molecular weight excluding hydrogens is 418 g/mol. The van der Waals surface area contributed by atoms with Gasteiger partial charge in [-0.05, 0) is 49.6 Å². The molecule has 0 amide bonds. The molecule has 7 heterocycles. The molecule has 6 aromatic heterocycles. The molecule has 0 unspecified atom stereocenters. The van der Waals surface area contributed by atoms with Crippen LogP contribution < -0.4 is 4.90 Å². The average Bonchev–Trinajstić information content (AvgIpc) is 3.63. The predicted molar refractivity (Wildman–Crippen MR) is 125 cm³/mol. The largest absolute Gasteiger partial charge is 0.357 e. The van der Waals surface area contributed by atoms with Gasteiger partial charge in [-0.15, -0.1) is 5.10 Å². The Morgan fingerprint density at radius 1 is 0.788 bits per heavy atom. The SMILES string of the molecule is c1cnc2n[nH]nc2c1.c1cnc2nc(-c3nc(N4CCCCC4)c4[nH]ccc4n3)[nH]c2c1. The quantitative estimate of drug-likeness (QED) is 0.373. The van der Waals surface area contributed by atoms with Crippen LogP contribution in [-0.2, 0) is 0 Å². The van der Waals surface area contributed by atoms with E-state index in [2.05, 4.69) is 50.2 Å². The molecule has 7 rings (SSSR count). The molecule has 3 N–H and O–H groups in total. The Morgan fingerprint density at radius 2 is 1.64 bits per heavy atom. The van der Waals surface area contributed by atoms with Crippen molar-refractivity contribution in [1.29, 1.82) is 0 Å². The summed E-state index contributed by atoms with van der Waals surface area (Å²) in [6.45, 7) is 2.07. The molecule has 1 saturated heterocycles. The van der Waals surface area contributed by atoms with Gasteiger partial charge < -0.3 is 14.9 Å². The Morgan fingerprint density at radius 3 is 2.48 bits per heavy atom. The van der Waals surface area contributed by atoms with Crippen molar-refractivity contribution in [2.45, 2.75) is 19.3 Å². The highest BCUT2D eigenvalue weighted by Crippen LogP contribution is 2.28. The van der Waals surface area contributed by atoms with E-state index in [0.717, 1.165) is 41.0 Å². The minimum Gasteiger partial charge on any atom is -0.357 e. The van der Waals surface area contributed by atoms with Gasteiger partial charge in [-0.3, -0.25) is 0 Å². The van der Waals surface area contributed by atoms with Crippen LogP contribution in [0, 0.1) is 0 Å². The zero-order valence-corrected chi connectivity index (χ0v) is 17.7. The number of aromatic nitrogens is 10. The van der Waals surface area contributed by atoms with Crippen molar-refractivity contribution >= 4 is 39.2 Å². The molecule has 0 saturated carbocycles. The Bertz CT molecular complexity index is 1460. The molecule has 1 fully saturated rings. The number of hydrogen-bond acceptors (Lipinski definition) is 8. The lowest BCUT2D eigenvalue weighted by atomic mass is 10.1. The molecule has 0 spiro atoms. The van der Waals surface area contributed by atoms with Crippen LogP contribution in [0.15, 0.2) is 48.9 Å². The van der Waals surface area contributed by atoms with Crippen molar-refractivity contribution in [3.05, 3.63) is 48.9 Å². The standard InChI is InChI=1S/C17H17N7.C5H4N4/c1-2-9-24(10-3-1)17-13-11(6-8-18-13)20-16(23-17)15-21-12-5-4-7-19-14(12)22-15;1-2-4-5(6-3-1)8-9-7-4/h4-8,18H,1-3,9-10H2,(H,19,21,22);1-3H,(H,6,7,8,9). The summed E-state index contributed by atoms with van der Waals surface area (Å²) < 4.78 is 0. The minimum absolute atomic E-state index is 0.612. The lowest BCUT2D eigenvalue weighted by Crippen LogP contribution is -2.30. The van der Waals surface area contributed by atoms with Crippen LogP contribution in [0.4, 0.5) is 5.82 Å². The normalized spacial score (nSPS) is 14.0. The van der Waals surface area contributed by atoms with Gasteiger partial charge in [0, 0.05) is 31.7 Å². The lowest BCUT2D eigenvalue weighted by molar-refractivity contribution is 0.574. The average molecular weight is 439 g/mol. The Balaban J connectivity index is 0.000000192. The number of pyridine rings is 2. The van der Waals surface area contributed by atoms with E-state index in [1.165, 1.54) is 19.3 Å². The second kappa shape index (κ2) is 8.26. The van der Waals surface area contributed by atoms with Crippen LogP contribution in [0.5, 0.6) is 0 Å². The van der Waals surface area contributed by atoms with Crippen molar-refractivity contribution in [2.75, 3.05) is 18.0 Å². The van der Waals surface area contributed by atoms with E-state index >= 15 is 0 Å². The maximum atomic E-state index is 4.82. The zero-order chi connectivity index (χ0) is 22.0. The fourth-order valence-corrected chi connectivity index (χ4v) is 4.01. The highest BCUT2D eigenvalue weighted by atomic mass is 15.3. The van der Waals surface area contributed by atoms with Gasteiger partial charge in [-0.1, -0.05) is 0 Å². The molecule has 11 nitrogen and oxygen atoms in total. The van der Waals surface area contributed by atoms with Crippen LogP contribution in [0.3, 0.4) is 0 Å². The van der Waals surface area contributed by atoms with Crippen LogP contribution in [-0.4, -0.2) is 63.4 Å². The van der Waals surface area contributed by atoms with Crippen LogP contribution in [0.25, 0.3) is 45.0 Å². The minimum atomic E-state index is 0.612. The number of nitrogens with one attached hydrogen (secondary N) is 3. The van der Waals surface area contributed by atoms with Gasteiger partial charge >= 0.3 is 0 Å². The summed E-state index contributed by atoms with van der Waals surface area (Å²) in [5.74, 6) is 2.24. The Kier molecular flexibility index (Phi) is 4.83. The molecule has 1 aliphatic heterocycles. The van der Waals surface area contributed by atoms with E-state index in [1.807, 2.05) is 36.5 Å². The summed E-state index contributed by atoms with van der Waals surface area (Å²) in [4.78, 5) is 31.1. The summed E-state index contributed by atoms with van der Waals surface area (Å²) in [6.07, 6.45) is 9.04. The maximum Gasteiger partial charge on any atom is 0.201 e. The number of anilines is 1. The van der Waals surface area contributed by atoms with Gasteiger partial charge in [0.25, 0.3) is 0 Å². The monoisotopic (exact) mass is 439 g/mol. The third-order valence-corrected chi connectivity index (χ3v) is 5.60. The van der Waals surface area contributed by atoms with Crippen molar-refractivity contribution in [3.63, 3.8) is 0 Å². The van der Waals surface area contributed by atoms with Gasteiger partial charge in [-0.25, -0.2) is 24.9 Å². The summed E-state index contributed by atoms with van der Waals surface area (Å²) >= 11 is 0. The van der Waals surface area contributed by atoms with E-state index in [1.54, 1.807) is 12.4 Å². The van der Waals surface area contributed by atoms with Crippen LogP contribution >= 0.6 is 0 Å². The van der Waals surface area contributed by atoms with Crippen molar-refractivity contribution in [3.8, 4) is 11.6 Å². The molecule has 164 valence electrons. The second-order valence-electron chi connectivity index (χ2n) is 7.79. The van der Waals surface area contributed by atoms with Gasteiger partial charge in [0.2, 0.25) is 5.65 Å². The molecule has 33 heavy (non-hydrogen) atoms. The molecule has 6 aromatic rings. The number of nitrogens with zero attached hydrogens (tertiary/aromatic N) is 8. The van der Waals surface area contributed by atoms with E-state index < -0.39 is 0 Å². The second-order valence-corrected chi connectivity index (χ2v) is 7.79. The maximum absolute atomic E-state index is 4.82. The molecular formula is C22H21N11. The smallest absolute Gasteiger partial charge is 0.201 e.